The van der Waals surface area contributed by atoms with Crippen LogP contribution in [0.15, 0.2) is 21.3 Å². The Bertz CT molecular complexity index is 617. The molecule has 20 heavy (non-hydrogen) atoms. The predicted octanol–water partition coefficient (Wildman–Crippen LogP) is 4.42. The number of amides is 1. The van der Waals surface area contributed by atoms with Gasteiger partial charge in [0.1, 0.15) is 0 Å². The highest BCUT2D eigenvalue weighted by Gasteiger charge is 2.19. The minimum absolute atomic E-state index is 0.0972. The van der Waals surface area contributed by atoms with Crippen molar-refractivity contribution in [1.82, 2.24) is 5.32 Å². The Hall–Kier alpha value is -0.650. The van der Waals surface area contributed by atoms with Crippen LogP contribution in [0, 0.1) is 0 Å². The summed E-state index contributed by atoms with van der Waals surface area (Å²) in [6.07, 6.45) is 5.60. The van der Waals surface area contributed by atoms with Gasteiger partial charge in [0.15, 0.2) is 0 Å². The maximum Gasteiger partial charge on any atom is 0.252 e. The number of carbonyl (C=O) groups excluding carboxylic acids is 1. The fraction of sp³-hybridized carbons (Fsp3) is 0.400. The average Bonchev–Trinajstić information content (AvgIpc) is 3.05. The van der Waals surface area contributed by atoms with Crippen molar-refractivity contribution >= 4 is 44.5 Å². The number of fused-ring (bicyclic) bond motifs is 1. The number of hydrogen-bond donors (Lipinski definition) is 1. The van der Waals surface area contributed by atoms with E-state index in [9.17, 15) is 4.79 Å². The van der Waals surface area contributed by atoms with Crippen LogP contribution in [-0.2, 0) is 19.3 Å². The Kier molecular flexibility index (Phi) is 4.58. The van der Waals surface area contributed by atoms with E-state index in [4.69, 9.17) is 0 Å². The van der Waals surface area contributed by atoms with Gasteiger partial charge >= 0.3 is 0 Å². The van der Waals surface area contributed by atoms with Gasteiger partial charge in [0, 0.05) is 21.7 Å². The highest BCUT2D eigenvalue weighted by atomic mass is 79.9. The molecular formula is C15H16BrNOS2. The molecule has 106 valence electrons. The van der Waals surface area contributed by atoms with Crippen molar-refractivity contribution in [2.24, 2.45) is 0 Å². The summed E-state index contributed by atoms with van der Waals surface area (Å²) >= 11 is 6.93. The second-order valence-corrected chi connectivity index (χ2v) is 8.48. The number of hydrogen-bond acceptors (Lipinski definition) is 3. The average molecular weight is 370 g/mol. The van der Waals surface area contributed by atoms with E-state index in [-0.39, 0.29) is 5.91 Å². The topological polar surface area (TPSA) is 29.1 Å². The molecule has 0 saturated heterocycles. The van der Waals surface area contributed by atoms with Crippen molar-refractivity contribution < 1.29 is 4.79 Å². The van der Waals surface area contributed by atoms with Gasteiger partial charge in [0.05, 0.1) is 9.35 Å². The van der Waals surface area contributed by atoms with E-state index in [1.807, 2.05) is 5.38 Å². The lowest BCUT2D eigenvalue weighted by Crippen LogP contribution is -2.26. The molecule has 2 aromatic heterocycles. The van der Waals surface area contributed by atoms with Crippen LogP contribution >= 0.6 is 38.6 Å². The Morgan fingerprint density at radius 1 is 1.30 bits per heavy atom. The van der Waals surface area contributed by atoms with Gasteiger partial charge in [-0.05, 0) is 65.7 Å². The van der Waals surface area contributed by atoms with Crippen LogP contribution in [-0.4, -0.2) is 12.5 Å². The van der Waals surface area contributed by atoms with E-state index in [0.29, 0.717) is 6.54 Å². The standard InChI is InChI=1S/C15H16BrNOS2/c16-14-6-5-10(20-14)7-8-17-15(18)12-9-19-13-4-2-1-3-11(12)13/h5-6,9H,1-4,7-8H2,(H,17,18). The number of carbonyl (C=O) groups is 1. The molecule has 0 bridgehead atoms. The van der Waals surface area contributed by atoms with Crippen LogP contribution in [0.1, 0.15) is 38.5 Å². The molecule has 0 fully saturated rings. The molecule has 1 amide bonds. The number of thiophene rings is 2. The highest BCUT2D eigenvalue weighted by Crippen LogP contribution is 2.30. The SMILES string of the molecule is O=C(NCCc1ccc(Br)s1)c1csc2c1CCCC2. The molecule has 0 aromatic carbocycles. The van der Waals surface area contributed by atoms with Crippen LogP contribution in [0.5, 0.6) is 0 Å². The third-order valence-electron chi connectivity index (χ3n) is 3.59. The third-order valence-corrected chi connectivity index (χ3v) is 6.36. The highest BCUT2D eigenvalue weighted by molar-refractivity contribution is 9.11. The zero-order valence-electron chi connectivity index (χ0n) is 11.1. The minimum atomic E-state index is 0.0972. The molecule has 2 nitrogen and oxygen atoms in total. The molecule has 2 heterocycles. The second kappa shape index (κ2) is 6.41. The lowest BCUT2D eigenvalue weighted by Gasteiger charge is -2.12. The summed E-state index contributed by atoms with van der Waals surface area (Å²) in [5.41, 5.74) is 2.22. The Balaban J connectivity index is 1.58. The first kappa shape index (κ1) is 14.3. The predicted molar refractivity (Wildman–Crippen MR) is 89.0 cm³/mol. The summed E-state index contributed by atoms with van der Waals surface area (Å²) in [5.74, 6) is 0.0972. The van der Waals surface area contributed by atoms with Crippen molar-refractivity contribution in [3.63, 3.8) is 0 Å². The molecule has 2 aromatic rings. The molecule has 0 unspecified atom stereocenters. The third kappa shape index (κ3) is 3.15. The quantitative estimate of drug-likeness (QED) is 0.848. The zero-order valence-corrected chi connectivity index (χ0v) is 14.3. The molecule has 1 aliphatic carbocycles. The van der Waals surface area contributed by atoms with E-state index < -0.39 is 0 Å². The smallest absolute Gasteiger partial charge is 0.252 e. The molecule has 0 atom stereocenters. The fourth-order valence-electron chi connectivity index (χ4n) is 2.56. The van der Waals surface area contributed by atoms with E-state index in [0.717, 1.165) is 28.6 Å². The number of aryl methyl sites for hydroxylation is 1. The summed E-state index contributed by atoms with van der Waals surface area (Å²) < 4.78 is 1.14. The molecule has 0 aliphatic heterocycles. The van der Waals surface area contributed by atoms with Crippen LogP contribution in [0.25, 0.3) is 0 Å². The van der Waals surface area contributed by atoms with E-state index in [1.54, 1.807) is 22.7 Å². The van der Waals surface area contributed by atoms with Gasteiger partial charge in [-0.25, -0.2) is 0 Å². The van der Waals surface area contributed by atoms with Crippen molar-refractivity contribution in [1.29, 1.82) is 0 Å². The van der Waals surface area contributed by atoms with Gasteiger partial charge in [-0.2, -0.15) is 0 Å². The Morgan fingerprint density at radius 3 is 2.95 bits per heavy atom. The molecule has 0 saturated carbocycles. The van der Waals surface area contributed by atoms with Crippen LogP contribution in [0.3, 0.4) is 0 Å². The molecule has 0 spiro atoms. The van der Waals surface area contributed by atoms with Gasteiger partial charge in [-0.15, -0.1) is 22.7 Å². The summed E-state index contributed by atoms with van der Waals surface area (Å²) in [7, 11) is 0. The van der Waals surface area contributed by atoms with E-state index in [2.05, 4.69) is 33.4 Å². The first-order chi connectivity index (χ1) is 9.74. The number of nitrogens with one attached hydrogen (secondary N) is 1. The van der Waals surface area contributed by atoms with Crippen molar-refractivity contribution in [2.75, 3.05) is 6.54 Å². The maximum atomic E-state index is 12.3. The first-order valence-corrected chi connectivity index (χ1v) is 9.34. The van der Waals surface area contributed by atoms with Crippen molar-refractivity contribution in [3.05, 3.63) is 42.2 Å². The second-order valence-electron chi connectivity index (χ2n) is 4.97. The normalized spacial score (nSPS) is 14.1. The minimum Gasteiger partial charge on any atom is -0.352 e. The van der Waals surface area contributed by atoms with Crippen LogP contribution in [0.2, 0.25) is 0 Å². The molecule has 3 rings (SSSR count). The Labute approximate surface area is 135 Å². The fourth-order valence-corrected chi connectivity index (χ4v) is 5.17. The molecule has 0 radical (unpaired) electrons. The monoisotopic (exact) mass is 369 g/mol. The van der Waals surface area contributed by atoms with Gasteiger partial charge in [-0.3, -0.25) is 4.79 Å². The van der Waals surface area contributed by atoms with Crippen LogP contribution < -0.4 is 5.32 Å². The largest absolute Gasteiger partial charge is 0.352 e. The van der Waals surface area contributed by atoms with Gasteiger partial charge < -0.3 is 5.32 Å². The lowest BCUT2D eigenvalue weighted by atomic mass is 9.95. The molecule has 1 aliphatic rings. The summed E-state index contributed by atoms with van der Waals surface area (Å²) in [6.45, 7) is 0.705. The van der Waals surface area contributed by atoms with Crippen LogP contribution in [0.4, 0.5) is 0 Å². The van der Waals surface area contributed by atoms with Crippen molar-refractivity contribution in [3.8, 4) is 0 Å². The summed E-state index contributed by atoms with van der Waals surface area (Å²) in [6, 6.07) is 4.16. The number of halogens is 1. The van der Waals surface area contributed by atoms with E-state index >= 15 is 0 Å². The van der Waals surface area contributed by atoms with E-state index in [1.165, 1.54) is 28.2 Å². The van der Waals surface area contributed by atoms with Gasteiger partial charge in [0.2, 0.25) is 0 Å². The van der Waals surface area contributed by atoms with Crippen molar-refractivity contribution in [2.45, 2.75) is 32.1 Å². The summed E-state index contributed by atoms with van der Waals surface area (Å²) in [4.78, 5) is 15.0. The lowest BCUT2D eigenvalue weighted by molar-refractivity contribution is 0.0953. The number of rotatable bonds is 4. The molecular weight excluding hydrogens is 354 g/mol. The van der Waals surface area contributed by atoms with Gasteiger partial charge in [-0.1, -0.05) is 0 Å². The molecule has 1 N–H and O–H groups in total. The van der Waals surface area contributed by atoms with Gasteiger partial charge in [0.25, 0.3) is 5.91 Å². The molecule has 5 heteroatoms. The first-order valence-electron chi connectivity index (χ1n) is 6.85. The maximum absolute atomic E-state index is 12.3. The Morgan fingerprint density at radius 2 is 2.15 bits per heavy atom. The summed E-state index contributed by atoms with van der Waals surface area (Å²) in [5, 5.41) is 5.09. The zero-order chi connectivity index (χ0) is 13.9.